The number of urea groups is 1. The largest absolute Gasteiger partial charge is 0.325 e. The summed E-state index contributed by atoms with van der Waals surface area (Å²) in [5, 5.41) is 2.78. The first-order valence-corrected chi connectivity index (χ1v) is 8.41. The van der Waals surface area contributed by atoms with Crippen molar-refractivity contribution >= 4 is 11.9 Å². The summed E-state index contributed by atoms with van der Waals surface area (Å²) in [7, 11) is 0. The van der Waals surface area contributed by atoms with Crippen molar-refractivity contribution in [2.45, 2.75) is 57.9 Å². The van der Waals surface area contributed by atoms with Crippen LogP contribution in [0.2, 0.25) is 0 Å². The Morgan fingerprint density at radius 2 is 1.59 bits per heavy atom. The Kier molecular flexibility index (Phi) is 6.44. The second-order valence-corrected chi connectivity index (χ2v) is 5.90. The minimum absolute atomic E-state index is 0.123. The van der Waals surface area contributed by atoms with Crippen LogP contribution in [-0.4, -0.2) is 23.4 Å². The third-order valence-corrected chi connectivity index (χ3v) is 4.14. The Bertz CT molecular complexity index is 487. The van der Waals surface area contributed by atoms with Gasteiger partial charge in [0.05, 0.1) is 0 Å². The lowest BCUT2D eigenvalue weighted by Crippen LogP contribution is -2.31. The number of nitrogens with one attached hydrogen (secondary N) is 1. The molecule has 1 aromatic carbocycles. The van der Waals surface area contributed by atoms with E-state index in [2.05, 4.69) is 12.2 Å². The molecule has 1 aliphatic heterocycles. The number of hydrogen-bond donors (Lipinski definition) is 1. The third-order valence-electron chi connectivity index (χ3n) is 4.14. The van der Waals surface area contributed by atoms with Crippen LogP contribution in [0, 0.1) is 0 Å². The summed E-state index contributed by atoms with van der Waals surface area (Å²) >= 11 is 0. The van der Waals surface area contributed by atoms with E-state index in [0.29, 0.717) is 6.54 Å². The van der Waals surface area contributed by atoms with Crippen LogP contribution in [0.25, 0.3) is 0 Å². The van der Waals surface area contributed by atoms with Crippen molar-refractivity contribution in [1.82, 2.24) is 10.2 Å². The molecule has 1 atom stereocenters. The molecule has 0 bridgehead atoms. The Morgan fingerprint density at radius 3 is 2.27 bits per heavy atom. The highest BCUT2D eigenvalue weighted by atomic mass is 16.2. The van der Waals surface area contributed by atoms with Crippen LogP contribution in [0.5, 0.6) is 0 Å². The molecule has 4 heteroatoms. The van der Waals surface area contributed by atoms with Crippen LogP contribution in [0.3, 0.4) is 0 Å². The number of hydrogen-bond acceptors (Lipinski definition) is 2. The van der Waals surface area contributed by atoms with Gasteiger partial charge in [0.2, 0.25) is 0 Å². The number of benzene rings is 1. The fraction of sp³-hybridized carbons (Fsp3) is 0.556. The van der Waals surface area contributed by atoms with E-state index in [-0.39, 0.29) is 11.9 Å². The SMILES string of the molecule is CCCCCCCCCN1C(=O)NC(c2ccccc2)C1=O. The van der Waals surface area contributed by atoms with Crippen molar-refractivity contribution in [3.63, 3.8) is 0 Å². The van der Waals surface area contributed by atoms with E-state index in [1.165, 1.54) is 37.0 Å². The van der Waals surface area contributed by atoms with Crippen LogP contribution in [0.1, 0.15) is 63.5 Å². The van der Waals surface area contributed by atoms with E-state index < -0.39 is 6.04 Å². The van der Waals surface area contributed by atoms with Crippen LogP contribution in [0.15, 0.2) is 30.3 Å². The van der Waals surface area contributed by atoms with Crippen LogP contribution in [0.4, 0.5) is 4.79 Å². The summed E-state index contributed by atoms with van der Waals surface area (Å²) in [5.74, 6) is -0.123. The Morgan fingerprint density at radius 1 is 0.955 bits per heavy atom. The number of amides is 3. The predicted molar refractivity (Wildman–Crippen MR) is 87.4 cm³/mol. The first kappa shape index (κ1) is 16.5. The zero-order chi connectivity index (χ0) is 15.8. The van der Waals surface area contributed by atoms with Crippen molar-refractivity contribution in [2.24, 2.45) is 0 Å². The first-order chi connectivity index (χ1) is 10.7. The highest BCUT2D eigenvalue weighted by Gasteiger charge is 2.38. The summed E-state index contributed by atoms with van der Waals surface area (Å²) in [6.45, 7) is 2.74. The monoisotopic (exact) mass is 302 g/mol. The Hall–Kier alpha value is -1.84. The molecule has 1 heterocycles. The van der Waals surface area contributed by atoms with E-state index in [4.69, 9.17) is 0 Å². The number of carbonyl (C=O) groups is 2. The third kappa shape index (κ3) is 4.33. The number of nitrogens with zero attached hydrogens (tertiary/aromatic N) is 1. The molecule has 1 fully saturated rings. The van der Waals surface area contributed by atoms with E-state index >= 15 is 0 Å². The normalized spacial score (nSPS) is 17.9. The molecule has 1 aromatic rings. The highest BCUT2D eigenvalue weighted by Crippen LogP contribution is 2.22. The van der Waals surface area contributed by atoms with Gasteiger partial charge in [0.15, 0.2) is 0 Å². The smallest absolute Gasteiger partial charge is 0.322 e. The van der Waals surface area contributed by atoms with Crippen molar-refractivity contribution < 1.29 is 9.59 Å². The molecule has 1 saturated heterocycles. The average molecular weight is 302 g/mol. The van der Waals surface area contributed by atoms with Gasteiger partial charge < -0.3 is 5.32 Å². The minimum Gasteiger partial charge on any atom is -0.322 e. The number of unbranched alkanes of at least 4 members (excludes halogenated alkanes) is 6. The summed E-state index contributed by atoms with van der Waals surface area (Å²) in [6, 6.07) is 8.64. The zero-order valence-electron chi connectivity index (χ0n) is 13.4. The quantitative estimate of drug-likeness (QED) is 0.553. The van der Waals surface area contributed by atoms with Gasteiger partial charge in [-0.1, -0.05) is 75.8 Å². The van der Waals surface area contributed by atoms with Gasteiger partial charge in [-0.15, -0.1) is 0 Å². The second kappa shape index (κ2) is 8.57. The number of rotatable bonds is 9. The van der Waals surface area contributed by atoms with Crippen LogP contribution >= 0.6 is 0 Å². The summed E-state index contributed by atoms with van der Waals surface area (Å²) < 4.78 is 0. The summed E-state index contributed by atoms with van der Waals surface area (Å²) in [6.07, 6.45) is 8.25. The number of carbonyl (C=O) groups excluding carboxylic acids is 2. The lowest BCUT2D eigenvalue weighted by Gasteiger charge is -2.13. The molecule has 120 valence electrons. The maximum absolute atomic E-state index is 12.4. The van der Waals surface area contributed by atoms with E-state index in [1.807, 2.05) is 30.3 Å². The average Bonchev–Trinajstić information content (AvgIpc) is 2.82. The van der Waals surface area contributed by atoms with Gasteiger partial charge >= 0.3 is 6.03 Å². The van der Waals surface area contributed by atoms with Gasteiger partial charge in [-0.05, 0) is 12.0 Å². The van der Waals surface area contributed by atoms with E-state index in [9.17, 15) is 9.59 Å². The van der Waals surface area contributed by atoms with Gasteiger partial charge in [-0.3, -0.25) is 9.69 Å². The van der Waals surface area contributed by atoms with Gasteiger partial charge in [0.25, 0.3) is 5.91 Å². The van der Waals surface area contributed by atoms with Crippen molar-refractivity contribution in [3.05, 3.63) is 35.9 Å². The molecule has 0 spiro atoms. The minimum atomic E-state index is -0.516. The maximum atomic E-state index is 12.4. The van der Waals surface area contributed by atoms with Crippen LogP contribution in [-0.2, 0) is 4.79 Å². The fourth-order valence-electron chi connectivity index (χ4n) is 2.83. The molecule has 0 radical (unpaired) electrons. The molecule has 22 heavy (non-hydrogen) atoms. The lowest BCUT2D eigenvalue weighted by atomic mass is 10.1. The predicted octanol–water partition coefficient (Wildman–Crippen LogP) is 4.03. The molecule has 0 aromatic heterocycles. The zero-order valence-corrected chi connectivity index (χ0v) is 13.4. The molecule has 3 amide bonds. The molecular formula is C18H26N2O2. The van der Waals surface area contributed by atoms with Gasteiger partial charge in [0.1, 0.15) is 6.04 Å². The van der Waals surface area contributed by atoms with Crippen LogP contribution < -0.4 is 5.32 Å². The molecule has 2 rings (SSSR count). The molecule has 1 aliphatic rings. The molecule has 1 N–H and O–H groups in total. The van der Waals surface area contributed by atoms with E-state index in [1.54, 1.807) is 0 Å². The van der Waals surface area contributed by atoms with Gasteiger partial charge in [-0.25, -0.2) is 4.79 Å². The molecule has 0 saturated carbocycles. The molecule has 4 nitrogen and oxygen atoms in total. The van der Waals surface area contributed by atoms with Crippen molar-refractivity contribution in [1.29, 1.82) is 0 Å². The Labute approximate surface area is 132 Å². The van der Waals surface area contributed by atoms with E-state index in [0.717, 1.165) is 18.4 Å². The highest BCUT2D eigenvalue weighted by molar-refractivity contribution is 6.04. The van der Waals surface area contributed by atoms with Crippen molar-refractivity contribution in [3.8, 4) is 0 Å². The number of imide groups is 1. The maximum Gasteiger partial charge on any atom is 0.325 e. The summed E-state index contributed by atoms with van der Waals surface area (Å²) in [5.41, 5.74) is 0.850. The molecular weight excluding hydrogens is 276 g/mol. The van der Waals surface area contributed by atoms with Gasteiger partial charge in [-0.2, -0.15) is 0 Å². The first-order valence-electron chi connectivity index (χ1n) is 8.41. The lowest BCUT2D eigenvalue weighted by molar-refractivity contribution is -0.127. The molecule has 0 aliphatic carbocycles. The second-order valence-electron chi connectivity index (χ2n) is 5.90. The van der Waals surface area contributed by atoms with Gasteiger partial charge in [0, 0.05) is 6.54 Å². The Balaban J connectivity index is 1.75. The standard InChI is InChI=1S/C18H26N2O2/c1-2-3-4-5-6-7-11-14-20-17(21)16(19-18(20)22)15-12-9-8-10-13-15/h8-10,12-13,16H,2-7,11,14H2,1H3,(H,19,22). The topological polar surface area (TPSA) is 49.4 Å². The fourth-order valence-corrected chi connectivity index (χ4v) is 2.83. The van der Waals surface area contributed by atoms with Crippen molar-refractivity contribution in [2.75, 3.05) is 6.54 Å². The molecule has 1 unspecified atom stereocenters. The summed E-state index contributed by atoms with van der Waals surface area (Å²) in [4.78, 5) is 25.7.